The number of ether oxygens (including phenoxy) is 1. The zero-order valence-electron chi connectivity index (χ0n) is 22.6. The molecule has 2 saturated heterocycles. The predicted octanol–water partition coefficient (Wildman–Crippen LogP) is 4.86. The Labute approximate surface area is 229 Å². The van der Waals surface area contributed by atoms with Crippen LogP contribution in [0.4, 0.5) is 17.3 Å². The fourth-order valence-corrected chi connectivity index (χ4v) is 5.59. The summed E-state index contributed by atoms with van der Waals surface area (Å²) in [6.07, 6.45) is 5.15. The molecule has 0 bridgehead atoms. The van der Waals surface area contributed by atoms with Crippen molar-refractivity contribution >= 4 is 40.5 Å². The largest absolute Gasteiger partial charge is 0.387 e. The van der Waals surface area contributed by atoms with E-state index in [4.69, 9.17) is 26.4 Å². The summed E-state index contributed by atoms with van der Waals surface area (Å²) in [6.45, 7) is 7.08. The summed E-state index contributed by atoms with van der Waals surface area (Å²) in [6, 6.07) is 9.51. The molecule has 4 heterocycles. The van der Waals surface area contributed by atoms with Gasteiger partial charge in [0, 0.05) is 69.7 Å². The van der Waals surface area contributed by atoms with Crippen LogP contribution in [0.25, 0.3) is 5.65 Å². The number of rotatable bonds is 9. The highest BCUT2D eigenvalue weighted by molar-refractivity contribution is 6.31. The lowest BCUT2D eigenvalue weighted by Crippen LogP contribution is -2.38. The van der Waals surface area contributed by atoms with E-state index in [1.165, 1.54) is 6.42 Å². The number of carbonyl (C=O) groups is 1. The Morgan fingerprint density at radius 2 is 2.00 bits per heavy atom. The third-order valence-corrected chi connectivity index (χ3v) is 7.94. The first-order valence-electron chi connectivity index (χ1n) is 13.7. The van der Waals surface area contributed by atoms with Gasteiger partial charge in [-0.2, -0.15) is 9.61 Å². The highest BCUT2D eigenvalue weighted by atomic mass is 35.5. The van der Waals surface area contributed by atoms with Gasteiger partial charge in [-0.25, -0.2) is 4.98 Å². The van der Waals surface area contributed by atoms with Crippen LogP contribution in [0.2, 0.25) is 5.02 Å². The van der Waals surface area contributed by atoms with Gasteiger partial charge in [-0.05, 0) is 44.4 Å². The number of hydrogen-bond acceptors (Lipinski definition) is 7. The molecule has 1 amide bonds. The molecule has 0 saturated carbocycles. The third-order valence-electron chi connectivity index (χ3n) is 7.70. The van der Waals surface area contributed by atoms with Crippen LogP contribution in [0.3, 0.4) is 0 Å². The summed E-state index contributed by atoms with van der Waals surface area (Å²) in [5.41, 5.74) is 3.06. The molecule has 3 aromatic rings. The molecule has 9 nitrogen and oxygen atoms in total. The topological polar surface area (TPSA) is 78.2 Å². The number of carbonyl (C=O) groups excluding carboxylic acids is 1. The fourth-order valence-electron chi connectivity index (χ4n) is 5.42. The summed E-state index contributed by atoms with van der Waals surface area (Å²) in [5.74, 6) is 1.96. The molecular formula is C28H38ClN7O2. The normalized spacial score (nSPS) is 17.8. The summed E-state index contributed by atoms with van der Waals surface area (Å²) >= 11 is 6.31. The molecule has 5 rings (SSSR count). The molecule has 38 heavy (non-hydrogen) atoms. The van der Waals surface area contributed by atoms with Crippen LogP contribution >= 0.6 is 11.6 Å². The molecule has 2 aliphatic heterocycles. The van der Waals surface area contributed by atoms with Gasteiger partial charge in [0.05, 0.1) is 23.9 Å². The Balaban J connectivity index is 1.57. The van der Waals surface area contributed by atoms with Crippen molar-refractivity contribution in [2.45, 2.75) is 45.1 Å². The Hall–Kier alpha value is -3.04. The number of nitrogens with one attached hydrogen (secondary N) is 1. The van der Waals surface area contributed by atoms with Crippen molar-refractivity contribution in [3.05, 3.63) is 46.6 Å². The second-order valence-corrected chi connectivity index (χ2v) is 10.5. The number of anilines is 3. The molecule has 2 aromatic heterocycles. The van der Waals surface area contributed by atoms with E-state index < -0.39 is 0 Å². The average molecular weight is 540 g/mol. The Bertz CT molecular complexity index is 1280. The second-order valence-electron chi connectivity index (χ2n) is 10.0. The number of halogens is 1. The van der Waals surface area contributed by atoms with Crippen LogP contribution < -0.4 is 15.1 Å². The number of likely N-dealkylation sites (N-methyl/N-ethyl adjacent to an activating group) is 1. The second kappa shape index (κ2) is 11.8. The molecule has 0 spiro atoms. The summed E-state index contributed by atoms with van der Waals surface area (Å²) in [7, 11) is 3.55. The molecule has 10 heteroatoms. The number of nitrogens with zero attached hydrogens (tertiary/aromatic N) is 6. The van der Waals surface area contributed by atoms with E-state index in [-0.39, 0.29) is 11.9 Å². The molecule has 1 atom stereocenters. The first-order valence-corrected chi connectivity index (χ1v) is 14.1. The maximum atomic E-state index is 14.0. The number of amides is 1. The van der Waals surface area contributed by atoms with Gasteiger partial charge in [0.2, 0.25) is 0 Å². The molecule has 2 fully saturated rings. The van der Waals surface area contributed by atoms with Crippen molar-refractivity contribution in [3.8, 4) is 0 Å². The van der Waals surface area contributed by atoms with Crippen LogP contribution in [-0.2, 0) is 4.74 Å². The van der Waals surface area contributed by atoms with E-state index in [1.807, 2.05) is 22.5 Å². The van der Waals surface area contributed by atoms with Crippen molar-refractivity contribution in [2.75, 3.05) is 68.6 Å². The van der Waals surface area contributed by atoms with Crippen LogP contribution in [0.5, 0.6) is 0 Å². The quantitative estimate of drug-likeness (QED) is 0.416. The molecule has 2 aliphatic rings. The lowest BCUT2D eigenvalue weighted by Gasteiger charge is -2.33. The van der Waals surface area contributed by atoms with Crippen molar-refractivity contribution in [1.29, 1.82) is 0 Å². The van der Waals surface area contributed by atoms with Crippen molar-refractivity contribution < 1.29 is 9.53 Å². The number of fused-ring (bicyclic) bond motifs is 1. The van der Waals surface area contributed by atoms with Gasteiger partial charge in [0.1, 0.15) is 11.6 Å². The summed E-state index contributed by atoms with van der Waals surface area (Å²) in [4.78, 5) is 25.5. The number of benzene rings is 1. The molecule has 0 radical (unpaired) electrons. The first kappa shape index (κ1) is 26.6. The molecule has 1 N–H and O–H groups in total. The monoisotopic (exact) mass is 539 g/mol. The molecule has 204 valence electrons. The third kappa shape index (κ3) is 5.27. The minimum Gasteiger partial charge on any atom is -0.387 e. The lowest BCUT2D eigenvalue weighted by atomic mass is 10.0. The fraction of sp³-hybridized carbons (Fsp3) is 0.536. The van der Waals surface area contributed by atoms with Gasteiger partial charge in [0.15, 0.2) is 5.65 Å². The van der Waals surface area contributed by atoms with E-state index >= 15 is 0 Å². The van der Waals surface area contributed by atoms with Crippen LogP contribution in [-0.4, -0.2) is 78.9 Å². The maximum absolute atomic E-state index is 14.0. The smallest absolute Gasteiger partial charge is 0.256 e. The van der Waals surface area contributed by atoms with E-state index in [0.717, 1.165) is 80.5 Å². The van der Waals surface area contributed by atoms with Crippen molar-refractivity contribution in [2.24, 2.45) is 0 Å². The highest BCUT2D eigenvalue weighted by Crippen LogP contribution is 2.34. The van der Waals surface area contributed by atoms with Crippen LogP contribution in [0, 0.1) is 0 Å². The first-order chi connectivity index (χ1) is 18.5. The number of aromatic nitrogens is 3. The number of hydrogen-bond donors (Lipinski definition) is 1. The Morgan fingerprint density at radius 1 is 1.16 bits per heavy atom. The minimum atomic E-state index is -0.134. The van der Waals surface area contributed by atoms with Crippen molar-refractivity contribution in [3.63, 3.8) is 0 Å². The number of likely N-dealkylation sites (tertiary alicyclic amines) is 1. The van der Waals surface area contributed by atoms with Crippen molar-refractivity contribution in [1.82, 2.24) is 19.5 Å². The Kier molecular flexibility index (Phi) is 8.24. The number of methoxy groups -OCH3 is 1. The highest BCUT2D eigenvalue weighted by Gasteiger charge is 2.31. The SMILES string of the molecule is CCN(CCOC)c1cc(N2CCC2)nc2cc(C3CCCCCN3C(=O)c3cc(Cl)ccc3NC)nn12. The van der Waals surface area contributed by atoms with Crippen LogP contribution in [0.15, 0.2) is 30.3 Å². The standard InChI is InChI=1S/C28H38ClN7O2/c1-4-33(15-16-38-3)27-19-25(34-12-8-13-34)31-26-18-23(32-36(26)27)24-9-6-5-7-14-35(24)28(37)21-17-20(29)10-11-22(21)30-2/h10-11,17-19,24,30H,4-9,12-16H2,1-3H3. The predicted molar refractivity (Wildman–Crippen MR) is 153 cm³/mol. The van der Waals surface area contributed by atoms with Crippen LogP contribution in [0.1, 0.15) is 61.1 Å². The maximum Gasteiger partial charge on any atom is 0.256 e. The lowest BCUT2D eigenvalue weighted by molar-refractivity contribution is 0.0677. The minimum absolute atomic E-state index is 0.0227. The van der Waals surface area contributed by atoms with E-state index in [1.54, 1.807) is 19.2 Å². The van der Waals surface area contributed by atoms with Gasteiger partial charge in [0.25, 0.3) is 5.91 Å². The molecule has 0 aliphatic carbocycles. The molecular weight excluding hydrogens is 502 g/mol. The van der Waals surface area contributed by atoms with Gasteiger partial charge in [-0.1, -0.05) is 24.4 Å². The molecule has 1 aromatic carbocycles. The zero-order valence-corrected chi connectivity index (χ0v) is 23.4. The van der Waals surface area contributed by atoms with E-state index in [9.17, 15) is 4.79 Å². The van der Waals surface area contributed by atoms with Gasteiger partial charge >= 0.3 is 0 Å². The Morgan fingerprint density at radius 3 is 2.71 bits per heavy atom. The zero-order chi connectivity index (χ0) is 26.6. The average Bonchev–Trinajstić information content (AvgIpc) is 3.16. The van der Waals surface area contributed by atoms with E-state index in [2.05, 4.69) is 34.2 Å². The van der Waals surface area contributed by atoms with Gasteiger partial charge < -0.3 is 24.8 Å². The summed E-state index contributed by atoms with van der Waals surface area (Å²) < 4.78 is 7.33. The molecule has 1 unspecified atom stereocenters. The van der Waals surface area contributed by atoms with Gasteiger partial charge in [-0.3, -0.25) is 4.79 Å². The summed E-state index contributed by atoms with van der Waals surface area (Å²) in [5, 5.41) is 8.80. The van der Waals surface area contributed by atoms with Gasteiger partial charge in [-0.15, -0.1) is 0 Å². The van der Waals surface area contributed by atoms with E-state index in [0.29, 0.717) is 23.7 Å².